The Balaban J connectivity index is 2.94. The van der Waals surface area contributed by atoms with E-state index < -0.39 is 0 Å². The first-order valence-corrected chi connectivity index (χ1v) is 1.69. The average molecular weight is 85.1 g/mol. The van der Waals surface area contributed by atoms with Crippen LogP contribution in [0.2, 0.25) is 0 Å². The van der Waals surface area contributed by atoms with Gasteiger partial charge in [0.25, 0.3) is 0 Å². The molecule has 0 spiro atoms. The summed E-state index contributed by atoms with van der Waals surface area (Å²) in [5.41, 5.74) is 0. The van der Waals surface area contributed by atoms with Gasteiger partial charge in [-0.25, -0.2) is 0 Å². The Morgan fingerprint density at radius 1 is 1.67 bits per heavy atom. The van der Waals surface area contributed by atoms with E-state index in [2.05, 4.69) is 5.32 Å². The van der Waals surface area contributed by atoms with Crippen molar-refractivity contribution in [3.63, 3.8) is 0 Å². The summed E-state index contributed by atoms with van der Waals surface area (Å²) in [4.78, 5) is 9.44. The number of hydrogen-bond donors (Lipinski definition) is 1. The molecular formula is C4H7NO. The molecule has 0 atom stereocenters. The van der Waals surface area contributed by atoms with Gasteiger partial charge in [0.15, 0.2) is 0 Å². The summed E-state index contributed by atoms with van der Waals surface area (Å²) in [6, 6.07) is 0. The first kappa shape index (κ1) is 5.21. The van der Waals surface area contributed by atoms with Crippen LogP contribution in [0.3, 0.4) is 0 Å². The van der Waals surface area contributed by atoms with Gasteiger partial charge < -0.3 is 5.32 Å². The first-order valence-electron chi connectivity index (χ1n) is 1.69. The van der Waals surface area contributed by atoms with Crippen molar-refractivity contribution in [3.8, 4) is 0 Å². The maximum atomic E-state index is 9.44. The number of hydrogen-bond acceptors (Lipinski definition) is 2. The molecule has 0 saturated heterocycles. The predicted octanol–water partition coefficient (Wildman–Crippen LogP) is -0.0816. The van der Waals surface area contributed by atoms with Crippen LogP contribution < -0.4 is 5.32 Å². The lowest BCUT2D eigenvalue weighted by Crippen LogP contribution is -1.90. The van der Waals surface area contributed by atoms with Gasteiger partial charge in [0.2, 0.25) is 0 Å². The van der Waals surface area contributed by atoms with Gasteiger partial charge in [-0.05, 0) is 12.3 Å². The maximum Gasteiger partial charge on any atom is 0.144 e. The molecule has 1 N–H and O–H groups in total. The molecule has 0 aliphatic rings. The Hall–Kier alpha value is -0.790. The third-order valence-electron chi connectivity index (χ3n) is 0.341. The second kappa shape index (κ2) is 4.21. The number of carbonyl (C=O) groups excluding carboxylic acids is 1. The van der Waals surface area contributed by atoms with Crippen molar-refractivity contribution in [2.75, 3.05) is 7.05 Å². The lowest BCUT2D eigenvalue weighted by atomic mass is 10.7. The largest absolute Gasteiger partial charge is 0.394 e. The fourth-order valence-corrected chi connectivity index (χ4v) is 0.136. The summed E-state index contributed by atoms with van der Waals surface area (Å²) < 4.78 is 0. The van der Waals surface area contributed by atoms with Crippen molar-refractivity contribution in [2.24, 2.45) is 0 Å². The molecule has 0 bridgehead atoms. The zero-order valence-electron chi connectivity index (χ0n) is 3.64. The van der Waals surface area contributed by atoms with Crippen molar-refractivity contribution in [1.82, 2.24) is 5.32 Å². The molecule has 0 aromatic rings. The Morgan fingerprint density at radius 2 is 2.33 bits per heavy atom. The number of rotatable bonds is 2. The van der Waals surface area contributed by atoms with E-state index in [0.717, 1.165) is 6.29 Å². The molecule has 0 aromatic carbocycles. The SMILES string of the molecule is CNC=CC=O. The Kier molecular flexibility index (Phi) is 3.66. The predicted molar refractivity (Wildman–Crippen MR) is 24.3 cm³/mol. The molecule has 6 heavy (non-hydrogen) atoms. The van der Waals surface area contributed by atoms with Crippen LogP contribution in [0.15, 0.2) is 12.3 Å². The van der Waals surface area contributed by atoms with E-state index >= 15 is 0 Å². The Bertz CT molecular complexity index is 58.6. The molecular weight excluding hydrogens is 78.0 g/mol. The lowest BCUT2D eigenvalue weighted by molar-refractivity contribution is -0.104. The summed E-state index contributed by atoms with van der Waals surface area (Å²) in [5, 5.41) is 2.66. The van der Waals surface area contributed by atoms with Crippen molar-refractivity contribution >= 4 is 6.29 Å². The van der Waals surface area contributed by atoms with Crippen LogP contribution in [0.1, 0.15) is 0 Å². The second-order valence-electron chi connectivity index (χ2n) is 0.784. The van der Waals surface area contributed by atoms with Crippen LogP contribution in [0.25, 0.3) is 0 Å². The molecule has 2 heteroatoms. The summed E-state index contributed by atoms with van der Waals surface area (Å²) in [5.74, 6) is 0. The zero-order chi connectivity index (χ0) is 4.83. The highest BCUT2D eigenvalue weighted by Crippen LogP contribution is 1.51. The summed E-state index contributed by atoms with van der Waals surface area (Å²) in [7, 11) is 1.74. The normalized spacial score (nSPS) is 8.83. The second-order valence-corrected chi connectivity index (χ2v) is 0.784. The fraction of sp³-hybridized carbons (Fsp3) is 0.250. The Labute approximate surface area is 36.9 Å². The van der Waals surface area contributed by atoms with E-state index in [1.807, 2.05) is 0 Å². The highest BCUT2D eigenvalue weighted by Gasteiger charge is 1.54. The topological polar surface area (TPSA) is 29.1 Å². The van der Waals surface area contributed by atoms with Crippen LogP contribution in [0.4, 0.5) is 0 Å². The molecule has 0 aliphatic carbocycles. The minimum absolute atomic E-state index is 0.719. The van der Waals surface area contributed by atoms with Gasteiger partial charge in [-0.1, -0.05) is 0 Å². The molecule has 34 valence electrons. The molecule has 0 aliphatic heterocycles. The van der Waals surface area contributed by atoms with E-state index in [4.69, 9.17) is 0 Å². The minimum Gasteiger partial charge on any atom is -0.394 e. The molecule has 0 amide bonds. The van der Waals surface area contributed by atoms with Gasteiger partial charge in [0.1, 0.15) is 6.29 Å². The van der Waals surface area contributed by atoms with Crippen LogP contribution in [-0.2, 0) is 4.79 Å². The molecule has 0 saturated carbocycles. The standard InChI is InChI=1S/C4H7NO/c1-5-3-2-4-6/h2-5H,1H3. The van der Waals surface area contributed by atoms with E-state index in [9.17, 15) is 4.79 Å². The third kappa shape index (κ3) is 3.21. The van der Waals surface area contributed by atoms with Crippen molar-refractivity contribution < 1.29 is 4.79 Å². The smallest absolute Gasteiger partial charge is 0.144 e. The number of aldehydes is 1. The molecule has 0 fully saturated rings. The van der Waals surface area contributed by atoms with E-state index in [1.54, 1.807) is 13.2 Å². The van der Waals surface area contributed by atoms with Crippen molar-refractivity contribution in [1.29, 1.82) is 0 Å². The van der Waals surface area contributed by atoms with Gasteiger partial charge in [0, 0.05) is 7.05 Å². The summed E-state index contributed by atoms with van der Waals surface area (Å²) in [6.07, 6.45) is 3.67. The van der Waals surface area contributed by atoms with Crippen LogP contribution in [0, 0.1) is 0 Å². The van der Waals surface area contributed by atoms with Crippen LogP contribution in [0.5, 0.6) is 0 Å². The highest BCUT2D eigenvalue weighted by molar-refractivity contribution is 5.64. The first-order chi connectivity index (χ1) is 2.91. The zero-order valence-corrected chi connectivity index (χ0v) is 3.64. The van der Waals surface area contributed by atoms with Gasteiger partial charge in [-0.3, -0.25) is 4.79 Å². The van der Waals surface area contributed by atoms with Gasteiger partial charge in [0.05, 0.1) is 0 Å². The van der Waals surface area contributed by atoms with E-state index in [1.165, 1.54) is 6.08 Å². The third-order valence-corrected chi connectivity index (χ3v) is 0.341. The van der Waals surface area contributed by atoms with E-state index in [0.29, 0.717) is 0 Å². The quantitative estimate of drug-likeness (QED) is 0.375. The van der Waals surface area contributed by atoms with Crippen LogP contribution >= 0.6 is 0 Å². The summed E-state index contributed by atoms with van der Waals surface area (Å²) >= 11 is 0. The molecule has 0 heterocycles. The Morgan fingerprint density at radius 3 is 2.50 bits per heavy atom. The van der Waals surface area contributed by atoms with E-state index in [-0.39, 0.29) is 0 Å². The van der Waals surface area contributed by atoms with Crippen molar-refractivity contribution in [2.45, 2.75) is 0 Å². The van der Waals surface area contributed by atoms with Gasteiger partial charge in [-0.15, -0.1) is 0 Å². The average Bonchev–Trinajstić information content (AvgIpc) is 1.61. The monoisotopic (exact) mass is 85.1 g/mol. The van der Waals surface area contributed by atoms with Crippen LogP contribution in [-0.4, -0.2) is 13.3 Å². The lowest BCUT2D eigenvalue weighted by Gasteiger charge is -1.74. The molecule has 0 aromatic heterocycles. The highest BCUT2D eigenvalue weighted by atomic mass is 16.1. The molecule has 2 nitrogen and oxygen atoms in total. The number of allylic oxidation sites excluding steroid dienone is 1. The fourth-order valence-electron chi connectivity index (χ4n) is 0.136. The molecule has 0 radical (unpaired) electrons. The molecule has 0 rings (SSSR count). The number of carbonyl (C=O) groups is 1. The van der Waals surface area contributed by atoms with Gasteiger partial charge in [-0.2, -0.15) is 0 Å². The number of nitrogens with one attached hydrogen (secondary N) is 1. The van der Waals surface area contributed by atoms with Gasteiger partial charge >= 0.3 is 0 Å². The van der Waals surface area contributed by atoms with Crippen molar-refractivity contribution in [3.05, 3.63) is 12.3 Å². The maximum absolute atomic E-state index is 9.44. The minimum atomic E-state index is 0.719. The summed E-state index contributed by atoms with van der Waals surface area (Å²) in [6.45, 7) is 0. The molecule has 0 unspecified atom stereocenters.